The molecule has 2 unspecified atom stereocenters. The van der Waals surface area contributed by atoms with E-state index in [4.69, 9.17) is 4.74 Å². The van der Waals surface area contributed by atoms with Crippen LogP contribution in [0.15, 0.2) is 0 Å². The summed E-state index contributed by atoms with van der Waals surface area (Å²) >= 11 is 0. The van der Waals surface area contributed by atoms with Crippen LogP contribution in [0, 0.1) is 23.7 Å². The molecule has 1 amide bonds. The van der Waals surface area contributed by atoms with E-state index in [0.29, 0.717) is 18.4 Å². The number of hydrogen-bond acceptors (Lipinski definition) is 3. The van der Waals surface area contributed by atoms with Crippen molar-refractivity contribution in [1.29, 1.82) is 0 Å². The van der Waals surface area contributed by atoms with Crippen molar-refractivity contribution in [2.24, 2.45) is 23.7 Å². The molecule has 0 bridgehead atoms. The number of nitrogens with zero attached hydrogens (tertiary/aromatic N) is 1. The Morgan fingerprint density at radius 3 is 1.83 bits per heavy atom. The zero-order valence-corrected chi connectivity index (χ0v) is 20.6. The molecule has 0 spiro atoms. The van der Waals surface area contributed by atoms with E-state index in [1.807, 2.05) is 4.90 Å². The van der Waals surface area contributed by atoms with Crippen LogP contribution in [-0.2, 0) is 14.3 Å². The van der Waals surface area contributed by atoms with Crippen LogP contribution in [0.4, 0.5) is 0 Å². The summed E-state index contributed by atoms with van der Waals surface area (Å²) in [6.45, 7) is 12.9. The number of ether oxygens (including phenoxy) is 1. The highest BCUT2D eigenvalue weighted by Crippen LogP contribution is 2.33. The summed E-state index contributed by atoms with van der Waals surface area (Å²) in [5.41, 5.74) is 0. The van der Waals surface area contributed by atoms with E-state index in [-0.39, 0.29) is 23.7 Å². The summed E-state index contributed by atoms with van der Waals surface area (Å²) < 4.78 is 5.64. The van der Waals surface area contributed by atoms with E-state index in [9.17, 15) is 9.59 Å². The zero-order valence-electron chi connectivity index (χ0n) is 20.6. The van der Waals surface area contributed by atoms with Gasteiger partial charge in [-0.3, -0.25) is 9.59 Å². The first-order chi connectivity index (χ1) is 14.4. The Bertz CT molecular complexity index is 465. The fraction of sp³-hybridized carbons (Fsp3) is 0.923. The second kappa shape index (κ2) is 15.7. The highest BCUT2D eigenvalue weighted by molar-refractivity contribution is 5.85. The van der Waals surface area contributed by atoms with Crippen LogP contribution in [0.3, 0.4) is 0 Å². The van der Waals surface area contributed by atoms with Crippen molar-refractivity contribution in [3.63, 3.8) is 0 Å². The van der Waals surface area contributed by atoms with Crippen molar-refractivity contribution in [2.45, 2.75) is 112 Å². The van der Waals surface area contributed by atoms with Crippen molar-refractivity contribution in [3.8, 4) is 0 Å². The van der Waals surface area contributed by atoms with Crippen LogP contribution in [0.25, 0.3) is 0 Å². The molecule has 0 aromatic heterocycles. The second-order valence-corrected chi connectivity index (χ2v) is 10.2. The average molecular weight is 424 g/mol. The van der Waals surface area contributed by atoms with Crippen LogP contribution in [0.1, 0.15) is 112 Å². The minimum absolute atomic E-state index is 0.134. The summed E-state index contributed by atoms with van der Waals surface area (Å²) in [7, 11) is 0. The first kappa shape index (κ1) is 27.0. The molecule has 1 aliphatic rings. The highest BCUT2D eigenvalue weighted by atomic mass is 16.5. The van der Waals surface area contributed by atoms with Crippen LogP contribution >= 0.6 is 0 Å². The second-order valence-electron chi connectivity index (χ2n) is 10.2. The smallest absolute Gasteiger partial charge is 0.309 e. The summed E-state index contributed by atoms with van der Waals surface area (Å²) in [6, 6.07) is 0. The first-order valence-corrected chi connectivity index (χ1v) is 12.8. The maximum absolute atomic E-state index is 13.3. The van der Waals surface area contributed by atoms with Crippen LogP contribution < -0.4 is 0 Å². The minimum Gasteiger partial charge on any atom is -0.465 e. The molecule has 0 N–H and O–H groups in total. The lowest BCUT2D eigenvalue weighted by Crippen LogP contribution is -2.45. The number of amides is 1. The van der Waals surface area contributed by atoms with Crippen molar-refractivity contribution < 1.29 is 14.3 Å². The lowest BCUT2D eigenvalue weighted by molar-refractivity contribution is -0.157. The fourth-order valence-corrected chi connectivity index (χ4v) is 4.59. The molecule has 0 aromatic rings. The Balaban J connectivity index is 2.47. The first-order valence-electron chi connectivity index (χ1n) is 12.8. The molecule has 176 valence electrons. The van der Waals surface area contributed by atoms with E-state index < -0.39 is 0 Å². The third-order valence-electron chi connectivity index (χ3n) is 6.11. The van der Waals surface area contributed by atoms with E-state index in [2.05, 4.69) is 34.6 Å². The monoisotopic (exact) mass is 423 g/mol. The van der Waals surface area contributed by atoms with Crippen LogP contribution in [0.5, 0.6) is 0 Å². The number of hydrogen-bond donors (Lipinski definition) is 0. The number of esters is 1. The molecule has 2 atom stereocenters. The van der Waals surface area contributed by atoms with Crippen LogP contribution in [-0.4, -0.2) is 36.5 Å². The highest BCUT2D eigenvalue weighted by Gasteiger charge is 2.38. The summed E-state index contributed by atoms with van der Waals surface area (Å²) in [4.78, 5) is 28.1. The zero-order chi connectivity index (χ0) is 22.4. The van der Waals surface area contributed by atoms with Gasteiger partial charge in [0.15, 0.2) is 0 Å². The van der Waals surface area contributed by atoms with Gasteiger partial charge in [0, 0.05) is 13.1 Å². The molecule has 0 aromatic carbocycles. The Kier molecular flexibility index (Phi) is 14.1. The molecule has 0 heterocycles. The Hall–Kier alpha value is -1.06. The molecular formula is C26H49NO3. The van der Waals surface area contributed by atoms with Crippen molar-refractivity contribution in [3.05, 3.63) is 0 Å². The van der Waals surface area contributed by atoms with Gasteiger partial charge in [0.25, 0.3) is 0 Å². The quantitative estimate of drug-likeness (QED) is 0.220. The Morgan fingerprint density at radius 2 is 1.30 bits per heavy atom. The molecule has 1 rings (SSSR count). The van der Waals surface area contributed by atoms with E-state index >= 15 is 0 Å². The van der Waals surface area contributed by atoms with Gasteiger partial charge in [-0.1, -0.05) is 92.4 Å². The van der Waals surface area contributed by atoms with Crippen LogP contribution in [0.2, 0.25) is 0 Å². The molecule has 4 heteroatoms. The lowest BCUT2D eigenvalue weighted by Gasteiger charge is -2.35. The van der Waals surface area contributed by atoms with Gasteiger partial charge in [-0.05, 0) is 31.1 Å². The van der Waals surface area contributed by atoms with Gasteiger partial charge in [-0.25, -0.2) is 0 Å². The third-order valence-corrected chi connectivity index (χ3v) is 6.11. The SMILES string of the molecule is CCCCCCCCCCOC(=O)C1CCCCC1C(=O)N(CC(C)C)CC(C)C. The van der Waals surface area contributed by atoms with E-state index in [1.54, 1.807) is 0 Å². The standard InChI is InChI=1S/C26H49NO3/c1-6-7-8-9-10-11-12-15-18-30-26(29)24-17-14-13-16-23(24)25(28)27(19-21(2)3)20-22(4)5/h21-24H,6-20H2,1-5H3. The molecule has 1 saturated carbocycles. The molecule has 1 fully saturated rings. The molecule has 0 saturated heterocycles. The maximum Gasteiger partial charge on any atom is 0.309 e. The Morgan fingerprint density at radius 1 is 0.800 bits per heavy atom. The van der Waals surface area contributed by atoms with E-state index in [1.165, 1.54) is 38.5 Å². The molecule has 0 aliphatic heterocycles. The number of carbonyl (C=O) groups excluding carboxylic acids is 2. The van der Waals surface area contributed by atoms with Crippen molar-refractivity contribution in [2.75, 3.05) is 19.7 Å². The Labute approximate surface area is 186 Å². The molecule has 30 heavy (non-hydrogen) atoms. The molecule has 4 nitrogen and oxygen atoms in total. The predicted molar refractivity (Wildman–Crippen MR) is 125 cm³/mol. The van der Waals surface area contributed by atoms with Crippen molar-refractivity contribution >= 4 is 11.9 Å². The molecule has 1 aliphatic carbocycles. The number of unbranched alkanes of at least 4 members (excludes halogenated alkanes) is 7. The maximum atomic E-state index is 13.3. The number of carbonyl (C=O) groups is 2. The minimum atomic E-state index is -0.248. The number of rotatable bonds is 15. The van der Waals surface area contributed by atoms with Crippen molar-refractivity contribution in [1.82, 2.24) is 4.90 Å². The fourth-order valence-electron chi connectivity index (χ4n) is 4.59. The third kappa shape index (κ3) is 10.8. The van der Waals surface area contributed by atoms with Gasteiger partial charge >= 0.3 is 5.97 Å². The molecular weight excluding hydrogens is 374 g/mol. The summed E-state index contributed by atoms with van der Waals surface area (Å²) in [5, 5.41) is 0. The van der Waals surface area contributed by atoms with Gasteiger partial charge in [-0.15, -0.1) is 0 Å². The van der Waals surface area contributed by atoms with Gasteiger partial charge in [0.2, 0.25) is 5.91 Å². The lowest BCUT2D eigenvalue weighted by atomic mass is 9.78. The van der Waals surface area contributed by atoms with Gasteiger partial charge in [0.1, 0.15) is 0 Å². The predicted octanol–water partition coefficient (Wildman–Crippen LogP) is 6.62. The molecule has 0 radical (unpaired) electrons. The normalized spacial score (nSPS) is 19.3. The average Bonchev–Trinajstić information content (AvgIpc) is 2.70. The largest absolute Gasteiger partial charge is 0.465 e. The van der Waals surface area contributed by atoms with Gasteiger partial charge in [-0.2, -0.15) is 0 Å². The summed E-state index contributed by atoms with van der Waals surface area (Å²) in [6.07, 6.45) is 13.5. The van der Waals surface area contributed by atoms with Gasteiger partial charge < -0.3 is 9.64 Å². The topological polar surface area (TPSA) is 46.6 Å². The summed E-state index contributed by atoms with van der Waals surface area (Å²) in [5.74, 6) is 0.466. The van der Waals surface area contributed by atoms with E-state index in [0.717, 1.165) is 51.6 Å². The van der Waals surface area contributed by atoms with Gasteiger partial charge in [0.05, 0.1) is 18.4 Å².